The normalized spacial score (nSPS) is 20.6. The first-order valence-electron chi connectivity index (χ1n) is 9.60. The van der Waals surface area contributed by atoms with Crippen molar-refractivity contribution in [3.8, 4) is 0 Å². The van der Waals surface area contributed by atoms with Crippen molar-refractivity contribution >= 4 is 22.0 Å². The largest absolute Gasteiger partial charge is 0.453 e. The highest BCUT2D eigenvalue weighted by Crippen LogP contribution is 2.28. The quantitative estimate of drug-likeness (QED) is 0.690. The fraction of sp³-hybridized carbons (Fsp3) is 0.647. The van der Waals surface area contributed by atoms with E-state index in [9.17, 15) is 8.42 Å². The van der Waals surface area contributed by atoms with Crippen LogP contribution in [0.1, 0.15) is 25.0 Å². The molecule has 154 valence electrons. The van der Waals surface area contributed by atoms with Gasteiger partial charge in [0.1, 0.15) is 12.1 Å². The van der Waals surface area contributed by atoms with Crippen molar-refractivity contribution in [3.63, 3.8) is 0 Å². The van der Waals surface area contributed by atoms with Crippen molar-refractivity contribution in [2.24, 2.45) is 7.05 Å². The lowest BCUT2D eigenvalue weighted by Crippen LogP contribution is -2.44. The summed E-state index contributed by atoms with van der Waals surface area (Å²) in [6, 6.07) is 3.92. The molecule has 0 spiro atoms. The van der Waals surface area contributed by atoms with Gasteiger partial charge in [0.15, 0.2) is 10.2 Å². The summed E-state index contributed by atoms with van der Waals surface area (Å²) in [7, 11) is -1.42. The highest BCUT2D eigenvalue weighted by Gasteiger charge is 2.32. The van der Waals surface area contributed by atoms with Gasteiger partial charge in [-0.05, 0) is 49.7 Å². The molecule has 4 rings (SSSR count). The number of rotatable bonds is 6. The van der Waals surface area contributed by atoms with Gasteiger partial charge in [0.25, 0.3) is 10.2 Å². The lowest BCUT2D eigenvalue weighted by molar-refractivity contribution is 0.247. The van der Waals surface area contributed by atoms with Crippen LogP contribution >= 0.6 is 11.8 Å². The average Bonchev–Trinajstić information content (AvgIpc) is 3.39. The van der Waals surface area contributed by atoms with Crippen LogP contribution in [-0.4, -0.2) is 76.0 Å². The fourth-order valence-corrected chi connectivity index (χ4v) is 6.05. The molecule has 11 heteroatoms. The number of aromatic nitrogens is 3. The van der Waals surface area contributed by atoms with Crippen LogP contribution in [-0.2, 0) is 23.8 Å². The Hall–Kier alpha value is -1.40. The lowest BCUT2D eigenvalue weighted by Gasteiger charge is -2.26. The molecule has 0 unspecified atom stereocenters. The first-order valence-corrected chi connectivity index (χ1v) is 11.8. The van der Waals surface area contributed by atoms with Crippen LogP contribution in [0.2, 0.25) is 0 Å². The Kier molecular flexibility index (Phi) is 6.07. The predicted octanol–water partition coefficient (Wildman–Crippen LogP) is 1.41. The van der Waals surface area contributed by atoms with E-state index in [2.05, 4.69) is 15.1 Å². The molecule has 0 N–H and O–H groups in total. The maximum Gasteiger partial charge on any atom is 0.282 e. The Morgan fingerprint density at radius 2 is 1.79 bits per heavy atom. The third kappa shape index (κ3) is 4.43. The smallest absolute Gasteiger partial charge is 0.282 e. The maximum absolute atomic E-state index is 12.8. The number of hydrogen-bond acceptors (Lipinski definition) is 7. The molecule has 2 aliphatic rings. The molecular weight excluding hydrogens is 400 g/mol. The number of nitrogens with zero attached hydrogens (tertiary/aromatic N) is 6. The summed E-state index contributed by atoms with van der Waals surface area (Å²) in [6.07, 6.45) is 4.42. The standard InChI is InChI=1S/C17H26N6O3S2/c1-20-14-18-19-17(20)27-16-6-5-15(26-16)13-21-7-4-10-23(12-11-21)28(24,25)22-8-2-3-9-22/h5-6,14H,2-4,7-13H2,1H3. The molecule has 2 aromatic heterocycles. The first kappa shape index (κ1) is 19.9. The van der Waals surface area contributed by atoms with E-state index in [1.54, 1.807) is 14.9 Å². The third-order valence-corrected chi connectivity index (χ3v) is 8.15. The number of aryl methyl sites for hydroxylation is 1. The molecule has 2 aliphatic heterocycles. The highest BCUT2D eigenvalue weighted by molar-refractivity contribution is 7.99. The molecule has 0 aliphatic carbocycles. The molecule has 2 aromatic rings. The molecule has 2 saturated heterocycles. The second kappa shape index (κ2) is 8.54. The number of furan rings is 1. The lowest BCUT2D eigenvalue weighted by atomic mass is 10.3. The van der Waals surface area contributed by atoms with E-state index < -0.39 is 10.2 Å². The first-order chi connectivity index (χ1) is 13.5. The molecule has 4 heterocycles. The monoisotopic (exact) mass is 426 g/mol. The van der Waals surface area contributed by atoms with E-state index in [0.717, 1.165) is 41.8 Å². The molecule has 9 nitrogen and oxygen atoms in total. The summed E-state index contributed by atoms with van der Waals surface area (Å²) >= 11 is 1.44. The van der Waals surface area contributed by atoms with Crippen LogP contribution < -0.4 is 0 Å². The fourth-order valence-electron chi connectivity index (χ4n) is 3.59. The van der Waals surface area contributed by atoms with Gasteiger partial charge in [0, 0.05) is 39.8 Å². The van der Waals surface area contributed by atoms with E-state index in [0.29, 0.717) is 39.3 Å². The van der Waals surface area contributed by atoms with Crippen LogP contribution in [0.3, 0.4) is 0 Å². The van der Waals surface area contributed by atoms with Gasteiger partial charge in [-0.25, -0.2) is 0 Å². The van der Waals surface area contributed by atoms with Gasteiger partial charge in [-0.3, -0.25) is 4.90 Å². The molecule has 2 fully saturated rings. The van der Waals surface area contributed by atoms with Crippen molar-refractivity contribution in [3.05, 3.63) is 24.2 Å². The van der Waals surface area contributed by atoms with Gasteiger partial charge in [-0.2, -0.15) is 17.0 Å². The average molecular weight is 427 g/mol. The minimum atomic E-state index is -3.31. The second-order valence-electron chi connectivity index (χ2n) is 7.19. The van der Waals surface area contributed by atoms with Crippen molar-refractivity contribution in [2.75, 3.05) is 39.3 Å². The molecular formula is C17H26N6O3S2. The summed E-state index contributed by atoms with van der Waals surface area (Å²) in [5.74, 6) is 0.875. The Bertz CT molecular complexity index is 890. The van der Waals surface area contributed by atoms with Crippen molar-refractivity contribution < 1.29 is 12.8 Å². The Morgan fingerprint density at radius 1 is 1.04 bits per heavy atom. The molecule has 0 amide bonds. The van der Waals surface area contributed by atoms with Crippen LogP contribution in [0.25, 0.3) is 0 Å². The van der Waals surface area contributed by atoms with Crippen LogP contribution in [0, 0.1) is 0 Å². The molecule has 28 heavy (non-hydrogen) atoms. The molecule has 0 aromatic carbocycles. The third-order valence-electron chi connectivity index (χ3n) is 5.14. The van der Waals surface area contributed by atoms with E-state index in [1.807, 2.05) is 23.7 Å². The van der Waals surface area contributed by atoms with E-state index >= 15 is 0 Å². The predicted molar refractivity (Wildman–Crippen MR) is 105 cm³/mol. The summed E-state index contributed by atoms with van der Waals surface area (Å²) < 4.78 is 36.6. The molecule has 0 atom stereocenters. The zero-order valence-corrected chi connectivity index (χ0v) is 17.7. The SMILES string of the molecule is Cn1cnnc1Sc1ccc(CN2CCCN(S(=O)(=O)N3CCCC3)CC2)o1. The summed E-state index contributed by atoms with van der Waals surface area (Å²) in [5, 5.41) is 9.47. The summed E-state index contributed by atoms with van der Waals surface area (Å²) in [5.41, 5.74) is 0. The van der Waals surface area contributed by atoms with Crippen molar-refractivity contribution in [2.45, 2.75) is 36.1 Å². The molecule has 0 bridgehead atoms. The highest BCUT2D eigenvalue weighted by atomic mass is 32.2. The van der Waals surface area contributed by atoms with Crippen LogP contribution in [0.5, 0.6) is 0 Å². The van der Waals surface area contributed by atoms with E-state index in [4.69, 9.17) is 4.42 Å². The van der Waals surface area contributed by atoms with Crippen LogP contribution in [0.4, 0.5) is 0 Å². The van der Waals surface area contributed by atoms with Crippen molar-refractivity contribution in [1.29, 1.82) is 0 Å². The van der Waals surface area contributed by atoms with Crippen molar-refractivity contribution in [1.82, 2.24) is 28.3 Å². The van der Waals surface area contributed by atoms with Gasteiger partial charge in [-0.15, -0.1) is 10.2 Å². The summed E-state index contributed by atoms with van der Waals surface area (Å²) in [4.78, 5) is 2.26. The Labute approximate surface area is 169 Å². The van der Waals surface area contributed by atoms with E-state index in [1.165, 1.54) is 11.8 Å². The molecule has 0 radical (unpaired) electrons. The van der Waals surface area contributed by atoms with Gasteiger partial charge >= 0.3 is 0 Å². The van der Waals surface area contributed by atoms with Crippen LogP contribution in [0.15, 0.2) is 33.1 Å². The Morgan fingerprint density at radius 3 is 2.54 bits per heavy atom. The number of hydrogen-bond donors (Lipinski definition) is 0. The second-order valence-corrected chi connectivity index (χ2v) is 10.1. The zero-order chi connectivity index (χ0) is 19.6. The molecule has 0 saturated carbocycles. The van der Waals surface area contributed by atoms with Gasteiger partial charge < -0.3 is 8.98 Å². The van der Waals surface area contributed by atoms with Gasteiger partial charge in [0.05, 0.1) is 6.54 Å². The zero-order valence-electron chi connectivity index (χ0n) is 16.0. The van der Waals surface area contributed by atoms with Gasteiger partial charge in [0.2, 0.25) is 0 Å². The Balaban J connectivity index is 1.33. The summed E-state index contributed by atoms with van der Waals surface area (Å²) in [6.45, 7) is 4.66. The van der Waals surface area contributed by atoms with E-state index in [-0.39, 0.29) is 0 Å². The topological polar surface area (TPSA) is 87.7 Å². The minimum absolute atomic E-state index is 0.528. The maximum atomic E-state index is 12.8. The van der Waals surface area contributed by atoms with Gasteiger partial charge in [-0.1, -0.05) is 0 Å². The minimum Gasteiger partial charge on any atom is -0.453 e.